The summed E-state index contributed by atoms with van der Waals surface area (Å²) in [6, 6.07) is 16.4. The predicted molar refractivity (Wildman–Crippen MR) is 136 cm³/mol. The van der Waals surface area contributed by atoms with Crippen LogP contribution in [0.4, 0.5) is 4.79 Å². The van der Waals surface area contributed by atoms with E-state index in [2.05, 4.69) is 10.5 Å². The van der Waals surface area contributed by atoms with Gasteiger partial charge in [0, 0.05) is 24.0 Å². The largest absolute Gasteiger partial charge is 0.497 e. The number of carbonyl (C=O) groups is 3. The van der Waals surface area contributed by atoms with E-state index in [-0.39, 0.29) is 37.3 Å². The minimum absolute atomic E-state index is 0.0334. The van der Waals surface area contributed by atoms with Gasteiger partial charge in [0.1, 0.15) is 12.4 Å². The van der Waals surface area contributed by atoms with Crippen LogP contribution in [0.1, 0.15) is 30.4 Å². The number of imide groups is 1. The van der Waals surface area contributed by atoms with E-state index in [0.717, 1.165) is 11.1 Å². The molecule has 3 fully saturated rings. The van der Waals surface area contributed by atoms with Gasteiger partial charge in [-0.05, 0) is 36.1 Å². The number of ether oxygens (including phenoxy) is 2. The fourth-order valence-corrected chi connectivity index (χ4v) is 6.01. The zero-order valence-electron chi connectivity index (χ0n) is 21.0. The molecule has 3 aliphatic rings. The zero-order chi connectivity index (χ0) is 26.8. The number of hydrazone groups is 1. The van der Waals surface area contributed by atoms with Crippen molar-refractivity contribution in [3.63, 3.8) is 0 Å². The molecule has 0 unspecified atom stereocenters. The highest BCUT2D eigenvalue weighted by atomic mass is 16.6. The van der Waals surface area contributed by atoms with Crippen LogP contribution < -0.4 is 10.2 Å². The van der Waals surface area contributed by atoms with Crippen LogP contribution in [0.2, 0.25) is 0 Å². The SMILES string of the molecule is COc1ccc(COC(=O)NN=C2C[C@@H](O)[C@@H](O)[C@@H]3[C@H]4C(=O)N(Cc5ccccc5)C(=O)[C@@H]4CC[C@@H]23)cc1. The number of amides is 3. The number of hydrogen-bond donors (Lipinski definition) is 3. The summed E-state index contributed by atoms with van der Waals surface area (Å²) in [5, 5.41) is 25.8. The molecule has 3 amide bonds. The van der Waals surface area contributed by atoms with Crippen molar-refractivity contribution in [1.82, 2.24) is 10.3 Å². The molecular formula is C28H31N3O7. The highest BCUT2D eigenvalue weighted by Crippen LogP contribution is 2.49. The molecule has 2 aromatic carbocycles. The lowest BCUT2D eigenvalue weighted by atomic mass is 9.60. The molecule has 10 heteroatoms. The smallest absolute Gasteiger partial charge is 0.428 e. The van der Waals surface area contributed by atoms with E-state index in [4.69, 9.17) is 9.47 Å². The van der Waals surface area contributed by atoms with Crippen LogP contribution in [0.5, 0.6) is 5.75 Å². The minimum atomic E-state index is -1.18. The number of fused-ring (bicyclic) bond motifs is 3. The van der Waals surface area contributed by atoms with Gasteiger partial charge >= 0.3 is 6.09 Å². The molecule has 0 radical (unpaired) electrons. The number of nitrogens with one attached hydrogen (secondary N) is 1. The summed E-state index contributed by atoms with van der Waals surface area (Å²) in [6.45, 7) is 0.204. The van der Waals surface area contributed by atoms with Crippen molar-refractivity contribution >= 4 is 23.6 Å². The molecule has 5 rings (SSSR count). The van der Waals surface area contributed by atoms with E-state index in [1.165, 1.54) is 4.90 Å². The van der Waals surface area contributed by atoms with Gasteiger partial charge in [-0.1, -0.05) is 42.5 Å². The van der Waals surface area contributed by atoms with Crippen LogP contribution in [0.25, 0.3) is 0 Å². The fourth-order valence-electron chi connectivity index (χ4n) is 6.01. The first kappa shape index (κ1) is 25.9. The maximum atomic E-state index is 13.5. The molecule has 6 atom stereocenters. The molecule has 10 nitrogen and oxygen atoms in total. The van der Waals surface area contributed by atoms with Crippen LogP contribution in [0.3, 0.4) is 0 Å². The van der Waals surface area contributed by atoms with Crippen LogP contribution >= 0.6 is 0 Å². The Kier molecular flexibility index (Phi) is 7.44. The Bertz CT molecular complexity index is 1220. The number of nitrogens with zero attached hydrogens (tertiary/aromatic N) is 2. The maximum Gasteiger partial charge on any atom is 0.428 e. The van der Waals surface area contributed by atoms with Gasteiger partial charge in [-0.25, -0.2) is 10.2 Å². The highest BCUT2D eigenvalue weighted by Gasteiger charge is 2.59. The summed E-state index contributed by atoms with van der Waals surface area (Å²) in [5.74, 6) is -2.21. The van der Waals surface area contributed by atoms with Gasteiger partial charge in [-0.2, -0.15) is 5.10 Å². The fraction of sp³-hybridized carbons (Fsp3) is 0.429. The molecule has 38 heavy (non-hydrogen) atoms. The summed E-state index contributed by atoms with van der Waals surface area (Å²) in [6.07, 6.45) is -2.09. The first-order valence-electron chi connectivity index (χ1n) is 12.7. The average molecular weight is 522 g/mol. The standard InChI is InChI=1S/C28H31N3O7/c1-37-18-9-7-17(8-10-18)15-38-28(36)30-29-21-13-22(32)25(33)23-19(21)11-12-20-24(23)27(35)31(26(20)34)14-16-5-3-2-4-6-16/h2-10,19-20,22-25,32-33H,11-15H2,1H3,(H,30,36)/t19-,20+,22+,23-,24-,25+/m0/s1. The van der Waals surface area contributed by atoms with Crippen molar-refractivity contribution in [3.05, 3.63) is 65.7 Å². The Morgan fingerprint density at radius 2 is 1.71 bits per heavy atom. The van der Waals surface area contributed by atoms with Crippen molar-refractivity contribution < 1.29 is 34.1 Å². The van der Waals surface area contributed by atoms with E-state index in [0.29, 0.717) is 24.3 Å². The van der Waals surface area contributed by atoms with E-state index < -0.39 is 36.1 Å². The normalized spacial score (nSPS) is 29.6. The molecule has 1 saturated heterocycles. The summed E-state index contributed by atoms with van der Waals surface area (Å²) in [5.41, 5.74) is 4.47. The van der Waals surface area contributed by atoms with Gasteiger partial charge in [0.05, 0.1) is 37.7 Å². The van der Waals surface area contributed by atoms with E-state index in [9.17, 15) is 24.6 Å². The molecule has 2 aliphatic carbocycles. The Balaban J connectivity index is 1.28. The lowest BCUT2D eigenvalue weighted by molar-refractivity contribution is -0.142. The third kappa shape index (κ3) is 5.01. The maximum absolute atomic E-state index is 13.5. The van der Waals surface area contributed by atoms with Gasteiger partial charge in [-0.3, -0.25) is 14.5 Å². The molecule has 3 N–H and O–H groups in total. The van der Waals surface area contributed by atoms with Gasteiger partial charge in [0.2, 0.25) is 11.8 Å². The second-order valence-corrected chi connectivity index (χ2v) is 10.0. The Morgan fingerprint density at radius 1 is 1.00 bits per heavy atom. The number of methoxy groups -OCH3 is 1. The molecule has 2 aromatic rings. The predicted octanol–water partition coefficient (Wildman–Crippen LogP) is 2.23. The van der Waals surface area contributed by atoms with E-state index >= 15 is 0 Å². The average Bonchev–Trinajstić information content (AvgIpc) is 3.18. The quantitative estimate of drug-likeness (QED) is 0.392. The van der Waals surface area contributed by atoms with Gasteiger partial charge in [0.15, 0.2) is 0 Å². The molecular weight excluding hydrogens is 490 g/mol. The van der Waals surface area contributed by atoms with E-state index in [1.54, 1.807) is 31.4 Å². The lowest BCUT2D eigenvalue weighted by Gasteiger charge is -2.45. The van der Waals surface area contributed by atoms with Crippen molar-refractivity contribution in [1.29, 1.82) is 0 Å². The zero-order valence-corrected chi connectivity index (χ0v) is 21.0. The molecule has 0 bridgehead atoms. The van der Waals surface area contributed by atoms with Crippen molar-refractivity contribution in [2.75, 3.05) is 7.11 Å². The Labute approximate surface area is 220 Å². The van der Waals surface area contributed by atoms with Gasteiger partial charge in [0.25, 0.3) is 0 Å². The number of carbonyl (C=O) groups excluding carboxylic acids is 3. The summed E-state index contributed by atoms with van der Waals surface area (Å²) >= 11 is 0. The monoisotopic (exact) mass is 521 g/mol. The summed E-state index contributed by atoms with van der Waals surface area (Å²) in [4.78, 5) is 40.2. The molecule has 0 aromatic heterocycles. The van der Waals surface area contributed by atoms with Crippen LogP contribution in [0.15, 0.2) is 59.7 Å². The van der Waals surface area contributed by atoms with Crippen LogP contribution in [-0.2, 0) is 27.5 Å². The Hall–Kier alpha value is -3.76. The summed E-state index contributed by atoms with van der Waals surface area (Å²) in [7, 11) is 1.57. The second kappa shape index (κ2) is 10.9. The van der Waals surface area contributed by atoms with Gasteiger partial charge in [-0.15, -0.1) is 0 Å². The molecule has 0 spiro atoms. The second-order valence-electron chi connectivity index (χ2n) is 10.0. The third-order valence-corrected chi connectivity index (χ3v) is 7.87. The highest BCUT2D eigenvalue weighted by molar-refractivity contribution is 6.06. The number of hydrogen-bond acceptors (Lipinski definition) is 8. The number of likely N-dealkylation sites (tertiary alicyclic amines) is 1. The molecule has 200 valence electrons. The topological polar surface area (TPSA) is 138 Å². The third-order valence-electron chi connectivity index (χ3n) is 7.87. The molecule has 1 aliphatic heterocycles. The van der Waals surface area contributed by atoms with Crippen molar-refractivity contribution in [2.24, 2.45) is 28.8 Å². The summed E-state index contributed by atoms with van der Waals surface area (Å²) < 4.78 is 10.3. The molecule has 1 heterocycles. The van der Waals surface area contributed by atoms with Crippen molar-refractivity contribution in [3.8, 4) is 5.75 Å². The van der Waals surface area contributed by atoms with Crippen LogP contribution in [0, 0.1) is 23.7 Å². The van der Waals surface area contributed by atoms with E-state index in [1.807, 2.05) is 30.3 Å². The van der Waals surface area contributed by atoms with Gasteiger partial charge < -0.3 is 19.7 Å². The first-order chi connectivity index (χ1) is 18.4. The lowest BCUT2D eigenvalue weighted by Crippen LogP contribution is -2.55. The van der Waals surface area contributed by atoms with Crippen LogP contribution in [-0.4, -0.2) is 58.0 Å². The minimum Gasteiger partial charge on any atom is -0.497 e. The number of aliphatic hydroxyl groups excluding tert-OH is 2. The number of benzene rings is 2. The van der Waals surface area contributed by atoms with Crippen molar-refractivity contribution in [2.45, 2.75) is 44.6 Å². The number of aliphatic hydroxyl groups is 2. The Morgan fingerprint density at radius 3 is 2.42 bits per heavy atom. The first-order valence-corrected chi connectivity index (χ1v) is 12.7. The molecule has 2 saturated carbocycles. The number of rotatable bonds is 6.